The van der Waals surface area contributed by atoms with Crippen molar-refractivity contribution in [2.24, 2.45) is 4.99 Å². The van der Waals surface area contributed by atoms with Gasteiger partial charge in [0.2, 0.25) is 0 Å². The van der Waals surface area contributed by atoms with Gasteiger partial charge < -0.3 is 10.2 Å². The van der Waals surface area contributed by atoms with Crippen molar-refractivity contribution in [2.45, 2.75) is 32.1 Å². The predicted octanol–water partition coefficient (Wildman–Crippen LogP) is 2.97. The highest BCUT2D eigenvalue weighted by Crippen LogP contribution is 2.29. The molecule has 0 unspecified atom stereocenters. The largest absolute Gasteiger partial charge is 0.350 e. The zero-order chi connectivity index (χ0) is 13.9. The number of thiazole rings is 1. The van der Waals surface area contributed by atoms with Gasteiger partial charge in [0.05, 0.1) is 6.54 Å². The van der Waals surface area contributed by atoms with Gasteiger partial charge in [-0.15, -0.1) is 35.3 Å². The number of halogens is 1. The summed E-state index contributed by atoms with van der Waals surface area (Å²) in [7, 11) is 1.85. The fourth-order valence-electron chi connectivity index (χ4n) is 2.17. The molecule has 0 saturated carbocycles. The summed E-state index contributed by atoms with van der Waals surface area (Å²) >= 11 is 3.77. The van der Waals surface area contributed by atoms with Gasteiger partial charge in [0.1, 0.15) is 5.01 Å². The Kier molecular flexibility index (Phi) is 7.07. The van der Waals surface area contributed by atoms with E-state index in [1.54, 1.807) is 11.3 Å². The van der Waals surface area contributed by atoms with Crippen molar-refractivity contribution in [3.05, 3.63) is 16.1 Å². The molecule has 1 saturated heterocycles. The molecule has 0 atom stereocenters. The number of thioether (sulfide) groups is 1. The summed E-state index contributed by atoms with van der Waals surface area (Å²) in [5.74, 6) is 2.14. The first-order valence-electron chi connectivity index (χ1n) is 6.51. The van der Waals surface area contributed by atoms with E-state index in [1.807, 2.05) is 25.0 Å². The number of aromatic nitrogens is 1. The van der Waals surface area contributed by atoms with Crippen LogP contribution < -0.4 is 5.32 Å². The van der Waals surface area contributed by atoms with E-state index in [2.05, 4.69) is 41.0 Å². The van der Waals surface area contributed by atoms with Gasteiger partial charge in [0, 0.05) is 41.7 Å². The summed E-state index contributed by atoms with van der Waals surface area (Å²) in [6.45, 7) is 9.52. The van der Waals surface area contributed by atoms with Gasteiger partial charge in [-0.3, -0.25) is 4.99 Å². The number of nitrogens with zero attached hydrogens (tertiary/aromatic N) is 3. The molecule has 20 heavy (non-hydrogen) atoms. The van der Waals surface area contributed by atoms with Crippen LogP contribution in [0.5, 0.6) is 0 Å². The summed E-state index contributed by atoms with van der Waals surface area (Å²) in [4.78, 5) is 12.4. The minimum absolute atomic E-state index is 0. The highest BCUT2D eigenvalue weighted by Gasteiger charge is 2.28. The fourth-order valence-corrected chi connectivity index (χ4v) is 4.01. The molecule has 1 aromatic heterocycles. The van der Waals surface area contributed by atoms with Crippen molar-refractivity contribution < 1.29 is 0 Å². The van der Waals surface area contributed by atoms with Gasteiger partial charge in [-0.1, -0.05) is 0 Å². The van der Waals surface area contributed by atoms with Crippen molar-refractivity contribution in [1.29, 1.82) is 0 Å². The zero-order valence-corrected chi connectivity index (χ0v) is 16.4. The molecule has 0 bridgehead atoms. The standard InChI is InChI=1S/C13H22N4S2.HI/c1-10-7-15-11(19-10)8-16-12(14-4)17-5-6-18-13(2,3)9-17;/h7H,5-6,8-9H2,1-4H3,(H,14,16);1H. The van der Waals surface area contributed by atoms with Crippen LogP contribution in [0.2, 0.25) is 0 Å². The third kappa shape index (κ3) is 5.07. The van der Waals surface area contributed by atoms with E-state index in [0.29, 0.717) is 4.75 Å². The molecule has 2 rings (SSSR count). The molecule has 0 aromatic carbocycles. The Labute approximate surface area is 146 Å². The number of guanidine groups is 1. The molecule has 0 amide bonds. The Morgan fingerprint density at radius 3 is 2.85 bits per heavy atom. The Balaban J connectivity index is 0.00000200. The molecular weight excluding hydrogens is 403 g/mol. The summed E-state index contributed by atoms with van der Waals surface area (Å²) in [5, 5.41) is 4.54. The lowest BCUT2D eigenvalue weighted by molar-refractivity contribution is 0.375. The van der Waals surface area contributed by atoms with E-state index in [4.69, 9.17) is 0 Å². The SMILES string of the molecule is CN=C(NCc1ncc(C)s1)N1CCSC(C)(C)C1.I. The molecule has 0 aliphatic carbocycles. The highest BCUT2D eigenvalue weighted by atomic mass is 127. The number of hydrogen-bond acceptors (Lipinski definition) is 4. The van der Waals surface area contributed by atoms with Crippen LogP contribution in [0.25, 0.3) is 0 Å². The Hall–Kier alpha value is -0.0200. The van der Waals surface area contributed by atoms with Gasteiger partial charge in [0.25, 0.3) is 0 Å². The quantitative estimate of drug-likeness (QED) is 0.449. The van der Waals surface area contributed by atoms with Crippen LogP contribution in [0, 0.1) is 6.92 Å². The van der Waals surface area contributed by atoms with Gasteiger partial charge in [-0.2, -0.15) is 11.8 Å². The molecule has 1 aromatic rings. The summed E-state index contributed by atoms with van der Waals surface area (Å²) in [5.41, 5.74) is 0. The van der Waals surface area contributed by atoms with E-state index >= 15 is 0 Å². The van der Waals surface area contributed by atoms with Crippen molar-refractivity contribution in [3.8, 4) is 0 Å². The smallest absolute Gasteiger partial charge is 0.194 e. The van der Waals surface area contributed by atoms with Gasteiger partial charge in [-0.25, -0.2) is 4.98 Å². The topological polar surface area (TPSA) is 40.5 Å². The third-order valence-corrected chi connectivity index (χ3v) is 5.21. The van der Waals surface area contributed by atoms with E-state index in [0.717, 1.165) is 36.4 Å². The fraction of sp³-hybridized carbons (Fsp3) is 0.692. The van der Waals surface area contributed by atoms with Gasteiger partial charge in [0.15, 0.2) is 5.96 Å². The molecule has 2 heterocycles. The minimum Gasteiger partial charge on any atom is -0.350 e. The molecule has 0 radical (unpaired) electrons. The van der Waals surface area contributed by atoms with Crippen molar-refractivity contribution in [2.75, 3.05) is 25.9 Å². The van der Waals surface area contributed by atoms with Gasteiger partial charge in [-0.05, 0) is 20.8 Å². The minimum atomic E-state index is 0. The number of nitrogens with one attached hydrogen (secondary N) is 1. The summed E-state index contributed by atoms with van der Waals surface area (Å²) < 4.78 is 0.299. The predicted molar refractivity (Wildman–Crippen MR) is 101 cm³/mol. The lowest BCUT2D eigenvalue weighted by Gasteiger charge is -2.39. The first kappa shape index (κ1) is 18.0. The van der Waals surface area contributed by atoms with Crippen LogP contribution in [0.15, 0.2) is 11.2 Å². The average molecular weight is 426 g/mol. The van der Waals surface area contributed by atoms with E-state index < -0.39 is 0 Å². The zero-order valence-electron chi connectivity index (χ0n) is 12.5. The number of hydrogen-bond donors (Lipinski definition) is 1. The molecule has 0 spiro atoms. The van der Waals surface area contributed by atoms with Gasteiger partial charge >= 0.3 is 0 Å². The van der Waals surface area contributed by atoms with Crippen LogP contribution in [-0.2, 0) is 6.54 Å². The second kappa shape index (κ2) is 7.84. The number of rotatable bonds is 2. The molecular formula is C13H23IN4S2. The first-order valence-corrected chi connectivity index (χ1v) is 8.31. The maximum Gasteiger partial charge on any atom is 0.194 e. The van der Waals surface area contributed by atoms with Crippen molar-refractivity contribution in [3.63, 3.8) is 0 Å². The van der Waals surface area contributed by atoms with Crippen LogP contribution in [0.3, 0.4) is 0 Å². The molecule has 1 aliphatic rings. The van der Waals surface area contributed by atoms with Crippen molar-refractivity contribution >= 4 is 53.0 Å². The second-order valence-electron chi connectivity index (χ2n) is 5.30. The molecule has 7 heteroatoms. The van der Waals surface area contributed by atoms with Crippen LogP contribution in [0.4, 0.5) is 0 Å². The van der Waals surface area contributed by atoms with E-state index in [9.17, 15) is 0 Å². The first-order chi connectivity index (χ1) is 9.00. The summed E-state index contributed by atoms with van der Waals surface area (Å²) in [6.07, 6.45) is 1.92. The Morgan fingerprint density at radius 1 is 1.55 bits per heavy atom. The number of aryl methyl sites for hydroxylation is 1. The Morgan fingerprint density at radius 2 is 2.30 bits per heavy atom. The second-order valence-corrected chi connectivity index (χ2v) is 8.42. The Bertz CT molecular complexity index is 459. The maximum atomic E-state index is 4.40. The van der Waals surface area contributed by atoms with Crippen molar-refractivity contribution in [1.82, 2.24) is 15.2 Å². The average Bonchev–Trinajstić information content (AvgIpc) is 2.75. The number of aliphatic imine (C=N–C) groups is 1. The third-order valence-electron chi connectivity index (χ3n) is 3.00. The normalized spacial score (nSPS) is 18.6. The molecule has 1 N–H and O–H groups in total. The molecule has 1 aliphatic heterocycles. The monoisotopic (exact) mass is 426 g/mol. The molecule has 1 fully saturated rings. The highest BCUT2D eigenvalue weighted by molar-refractivity contribution is 14.0. The van der Waals surface area contributed by atoms with E-state index in [1.165, 1.54) is 4.88 Å². The lowest BCUT2D eigenvalue weighted by Crippen LogP contribution is -2.50. The van der Waals surface area contributed by atoms with E-state index in [-0.39, 0.29) is 24.0 Å². The van der Waals surface area contributed by atoms with Crippen LogP contribution in [-0.4, -0.2) is 46.5 Å². The maximum absolute atomic E-state index is 4.40. The molecule has 4 nitrogen and oxygen atoms in total. The lowest BCUT2D eigenvalue weighted by atomic mass is 10.2. The summed E-state index contributed by atoms with van der Waals surface area (Å²) in [6, 6.07) is 0. The molecule has 114 valence electrons. The van der Waals surface area contributed by atoms with Crippen LogP contribution in [0.1, 0.15) is 23.7 Å². The van der Waals surface area contributed by atoms with Crippen LogP contribution >= 0.6 is 47.1 Å².